The largest absolute Gasteiger partial charge is 0.328 e. The van der Waals surface area contributed by atoms with E-state index in [4.69, 9.17) is 10.6 Å². The first kappa shape index (κ1) is 6.99. The third-order valence-electron chi connectivity index (χ3n) is 1.35. The molecule has 3 nitrogen and oxygen atoms in total. The molecule has 0 aromatic carbocycles. The third-order valence-corrected chi connectivity index (χ3v) is 1.35. The third kappa shape index (κ3) is 2.79. The van der Waals surface area contributed by atoms with Gasteiger partial charge in [0.2, 0.25) is 0 Å². The molecule has 1 rings (SSSR count). The van der Waals surface area contributed by atoms with Crippen LogP contribution in [0.2, 0.25) is 0 Å². The fraction of sp³-hybridized carbons (Fsp3) is 1.00. The molecule has 1 atom stereocenters. The van der Waals surface area contributed by atoms with E-state index in [1.165, 1.54) is 12.8 Å². The van der Waals surface area contributed by atoms with Crippen LogP contribution < -0.4 is 11.2 Å². The zero-order chi connectivity index (χ0) is 6.69. The van der Waals surface area contributed by atoms with Crippen LogP contribution in [0, 0.1) is 0 Å². The molecular weight excluding hydrogens is 116 g/mol. The molecule has 3 heteroatoms. The second kappa shape index (κ2) is 3.15. The summed E-state index contributed by atoms with van der Waals surface area (Å²) in [6, 6.07) is 0.610. The molecule has 0 bridgehead atoms. The first-order chi connectivity index (χ1) is 4.33. The van der Waals surface area contributed by atoms with Gasteiger partial charge in [0.15, 0.2) is 0 Å². The minimum absolute atomic E-state index is 0.144. The van der Waals surface area contributed by atoms with Crippen molar-refractivity contribution < 1.29 is 4.84 Å². The van der Waals surface area contributed by atoms with Gasteiger partial charge in [-0.25, -0.2) is 0 Å². The smallest absolute Gasteiger partial charge is 0.0884 e. The van der Waals surface area contributed by atoms with Gasteiger partial charge < -0.3 is 5.73 Å². The highest BCUT2D eigenvalue weighted by Gasteiger charge is 2.21. The summed E-state index contributed by atoms with van der Waals surface area (Å²) in [6.07, 6.45) is 2.64. The van der Waals surface area contributed by atoms with Crippen molar-refractivity contribution in [2.75, 3.05) is 6.54 Å². The van der Waals surface area contributed by atoms with Crippen LogP contribution in [-0.4, -0.2) is 18.7 Å². The summed E-state index contributed by atoms with van der Waals surface area (Å²) in [5, 5.41) is 0. The van der Waals surface area contributed by atoms with Crippen molar-refractivity contribution in [1.82, 2.24) is 5.48 Å². The summed E-state index contributed by atoms with van der Waals surface area (Å²) < 4.78 is 0. The first-order valence-electron chi connectivity index (χ1n) is 3.44. The number of hydroxylamine groups is 1. The van der Waals surface area contributed by atoms with E-state index >= 15 is 0 Å². The van der Waals surface area contributed by atoms with Gasteiger partial charge in [0.05, 0.1) is 6.10 Å². The number of rotatable bonds is 4. The molecule has 0 aromatic heterocycles. The minimum atomic E-state index is 0.144. The zero-order valence-corrected chi connectivity index (χ0v) is 5.76. The fourth-order valence-corrected chi connectivity index (χ4v) is 0.462. The van der Waals surface area contributed by atoms with Crippen molar-refractivity contribution in [2.24, 2.45) is 5.73 Å². The predicted octanol–water partition coefficient (Wildman–Crippen LogP) is 0.0172. The Hall–Kier alpha value is -0.120. The number of nitrogens with two attached hydrogens (primary N) is 1. The Morgan fingerprint density at radius 1 is 1.78 bits per heavy atom. The molecule has 0 aliphatic heterocycles. The van der Waals surface area contributed by atoms with Crippen LogP contribution in [0.5, 0.6) is 0 Å². The lowest BCUT2D eigenvalue weighted by Gasteiger charge is -2.09. The normalized spacial score (nSPS) is 22.0. The van der Waals surface area contributed by atoms with Gasteiger partial charge in [-0.2, -0.15) is 5.48 Å². The molecule has 0 radical (unpaired) electrons. The van der Waals surface area contributed by atoms with Gasteiger partial charge >= 0.3 is 0 Å². The summed E-state index contributed by atoms with van der Waals surface area (Å²) in [4.78, 5) is 5.14. The molecule has 0 heterocycles. The maximum atomic E-state index is 5.31. The molecule has 1 saturated carbocycles. The van der Waals surface area contributed by atoms with E-state index in [-0.39, 0.29) is 6.10 Å². The predicted molar refractivity (Wildman–Crippen MR) is 35.8 cm³/mol. The highest BCUT2D eigenvalue weighted by atomic mass is 16.7. The van der Waals surface area contributed by atoms with E-state index in [2.05, 4.69) is 5.48 Å². The van der Waals surface area contributed by atoms with E-state index in [0.29, 0.717) is 12.6 Å². The van der Waals surface area contributed by atoms with Gasteiger partial charge in [-0.3, -0.25) is 4.84 Å². The molecule has 1 aliphatic carbocycles. The molecule has 1 unspecified atom stereocenters. The molecule has 1 fully saturated rings. The van der Waals surface area contributed by atoms with Crippen molar-refractivity contribution >= 4 is 0 Å². The van der Waals surface area contributed by atoms with Gasteiger partial charge in [0, 0.05) is 12.6 Å². The molecule has 0 amide bonds. The second-order valence-corrected chi connectivity index (χ2v) is 2.56. The number of nitrogens with one attached hydrogen (secondary N) is 1. The van der Waals surface area contributed by atoms with Crippen LogP contribution in [0.3, 0.4) is 0 Å². The summed E-state index contributed by atoms with van der Waals surface area (Å²) in [5.41, 5.74) is 8.24. The molecule has 0 spiro atoms. The Kier molecular flexibility index (Phi) is 2.45. The monoisotopic (exact) mass is 130 g/mol. The van der Waals surface area contributed by atoms with Crippen molar-refractivity contribution in [2.45, 2.75) is 31.9 Å². The van der Waals surface area contributed by atoms with Gasteiger partial charge in [-0.1, -0.05) is 0 Å². The van der Waals surface area contributed by atoms with Crippen molar-refractivity contribution in [3.63, 3.8) is 0 Å². The molecule has 54 valence electrons. The van der Waals surface area contributed by atoms with Crippen molar-refractivity contribution in [3.05, 3.63) is 0 Å². The average molecular weight is 130 g/mol. The van der Waals surface area contributed by atoms with E-state index in [9.17, 15) is 0 Å². The molecule has 3 N–H and O–H groups in total. The van der Waals surface area contributed by atoms with Crippen LogP contribution in [0.15, 0.2) is 0 Å². The zero-order valence-electron chi connectivity index (χ0n) is 5.76. The molecule has 0 aromatic rings. The van der Waals surface area contributed by atoms with Gasteiger partial charge in [0.1, 0.15) is 0 Å². The first-order valence-corrected chi connectivity index (χ1v) is 3.44. The van der Waals surface area contributed by atoms with E-state index < -0.39 is 0 Å². The van der Waals surface area contributed by atoms with Crippen molar-refractivity contribution in [3.8, 4) is 0 Å². The lowest BCUT2D eigenvalue weighted by molar-refractivity contribution is -0.0139. The van der Waals surface area contributed by atoms with Crippen molar-refractivity contribution in [1.29, 1.82) is 0 Å². The van der Waals surface area contributed by atoms with Crippen LogP contribution >= 0.6 is 0 Å². The van der Waals surface area contributed by atoms with Gasteiger partial charge in [-0.15, -0.1) is 0 Å². The Balaban J connectivity index is 1.90. The van der Waals surface area contributed by atoms with Crippen LogP contribution in [0.1, 0.15) is 19.8 Å². The maximum Gasteiger partial charge on any atom is 0.0884 e. The average Bonchev–Trinajstić information content (AvgIpc) is 2.65. The fourth-order valence-electron chi connectivity index (χ4n) is 0.462. The topological polar surface area (TPSA) is 47.3 Å². The summed E-state index contributed by atoms with van der Waals surface area (Å²) in [5.74, 6) is 0. The second-order valence-electron chi connectivity index (χ2n) is 2.56. The molecule has 0 saturated heterocycles. The lowest BCUT2D eigenvalue weighted by Crippen LogP contribution is -2.28. The lowest BCUT2D eigenvalue weighted by atomic mass is 10.4. The van der Waals surface area contributed by atoms with Crippen LogP contribution in [0.4, 0.5) is 0 Å². The summed E-state index contributed by atoms with van der Waals surface area (Å²) >= 11 is 0. The highest BCUT2D eigenvalue weighted by Crippen LogP contribution is 2.18. The Morgan fingerprint density at radius 2 is 2.44 bits per heavy atom. The van der Waals surface area contributed by atoms with E-state index in [1.807, 2.05) is 6.92 Å². The van der Waals surface area contributed by atoms with Gasteiger partial charge in [-0.05, 0) is 19.8 Å². The SMILES string of the molecule is CC(CN)ONC1CC1. The summed E-state index contributed by atoms with van der Waals surface area (Å²) in [6.45, 7) is 2.54. The quantitative estimate of drug-likeness (QED) is 0.527. The maximum absolute atomic E-state index is 5.31. The minimum Gasteiger partial charge on any atom is -0.328 e. The van der Waals surface area contributed by atoms with Crippen LogP contribution in [0.25, 0.3) is 0 Å². The molecular formula is C6H14N2O. The van der Waals surface area contributed by atoms with Gasteiger partial charge in [0.25, 0.3) is 0 Å². The summed E-state index contributed by atoms with van der Waals surface area (Å²) in [7, 11) is 0. The number of hydrogen-bond donors (Lipinski definition) is 2. The van der Waals surface area contributed by atoms with E-state index in [0.717, 1.165) is 0 Å². The highest BCUT2D eigenvalue weighted by molar-refractivity contribution is 4.77. The Labute approximate surface area is 55.5 Å². The Bertz CT molecular complexity index is 83.1. The molecule has 9 heavy (non-hydrogen) atoms. The Morgan fingerprint density at radius 3 is 2.89 bits per heavy atom. The standard InChI is InChI=1S/C6H14N2O/c1-5(4-7)9-8-6-2-3-6/h5-6,8H,2-4,7H2,1H3. The van der Waals surface area contributed by atoms with Crippen LogP contribution in [-0.2, 0) is 4.84 Å². The molecule has 1 aliphatic rings. The van der Waals surface area contributed by atoms with E-state index in [1.54, 1.807) is 0 Å². The number of hydrogen-bond acceptors (Lipinski definition) is 3.